The highest BCUT2D eigenvalue weighted by Crippen LogP contribution is 2.45. The van der Waals surface area contributed by atoms with Crippen LogP contribution in [0.25, 0.3) is 0 Å². The maximum Gasteiger partial charge on any atom is 0.192 e. The molecule has 2 unspecified atom stereocenters. The lowest BCUT2D eigenvalue weighted by Gasteiger charge is -2.48. The molecular formula is C17H24N4. The van der Waals surface area contributed by atoms with Crippen LogP contribution in [0.15, 0.2) is 35.3 Å². The minimum Gasteiger partial charge on any atom is -0.370 e. The van der Waals surface area contributed by atoms with E-state index in [4.69, 9.17) is 5.73 Å². The molecule has 3 heterocycles. The number of nitrogens with zero attached hydrogens (tertiary/aromatic N) is 3. The van der Waals surface area contributed by atoms with Crippen LogP contribution in [0.3, 0.4) is 0 Å². The quantitative estimate of drug-likeness (QED) is 0.901. The fourth-order valence-electron chi connectivity index (χ4n) is 4.55. The molecule has 2 atom stereocenters. The van der Waals surface area contributed by atoms with E-state index in [1.54, 1.807) is 0 Å². The minimum atomic E-state index is 0.165. The van der Waals surface area contributed by atoms with Gasteiger partial charge in [0, 0.05) is 18.6 Å². The Morgan fingerprint density at radius 2 is 1.86 bits per heavy atom. The molecule has 0 aliphatic carbocycles. The Morgan fingerprint density at radius 3 is 2.52 bits per heavy atom. The molecule has 0 saturated carbocycles. The molecule has 0 amide bonds. The van der Waals surface area contributed by atoms with Crippen LogP contribution in [0.5, 0.6) is 0 Å². The van der Waals surface area contributed by atoms with E-state index in [9.17, 15) is 0 Å². The molecule has 0 aromatic heterocycles. The van der Waals surface area contributed by atoms with Gasteiger partial charge < -0.3 is 15.5 Å². The average molecular weight is 284 g/mol. The molecule has 1 aromatic rings. The number of rotatable bonds is 2. The Bertz CT molecular complexity index is 539. The second-order valence-electron chi connectivity index (χ2n) is 6.93. The monoisotopic (exact) mass is 284 g/mol. The van der Waals surface area contributed by atoms with Gasteiger partial charge in [-0.3, -0.25) is 4.99 Å². The third-order valence-electron chi connectivity index (χ3n) is 5.78. The van der Waals surface area contributed by atoms with Crippen LogP contribution in [-0.4, -0.2) is 47.0 Å². The van der Waals surface area contributed by atoms with Crippen molar-refractivity contribution in [2.75, 3.05) is 13.6 Å². The Morgan fingerprint density at radius 1 is 1.19 bits per heavy atom. The summed E-state index contributed by atoms with van der Waals surface area (Å²) in [6.07, 6.45) is 5.08. The summed E-state index contributed by atoms with van der Waals surface area (Å²) in [7, 11) is 2.29. The fourth-order valence-corrected chi connectivity index (χ4v) is 4.55. The van der Waals surface area contributed by atoms with Crippen molar-refractivity contribution in [3.8, 4) is 0 Å². The summed E-state index contributed by atoms with van der Waals surface area (Å²) in [4.78, 5) is 9.59. The van der Waals surface area contributed by atoms with Crippen LogP contribution in [0.4, 0.5) is 0 Å². The summed E-state index contributed by atoms with van der Waals surface area (Å²) in [5.41, 5.74) is 7.73. The summed E-state index contributed by atoms with van der Waals surface area (Å²) in [5.74, 6) is 0.739. The number of benzene rings is 1. The number of nitrogens with two attached hydrogens (primary N) is 1. The first-order chi connectivity index (χ1) is 10.2. The molecule has 4 heteroatoms. The van der Waals surface area contributed by atoms with E-state index in [2.05, 4.69) is 52.2 Å². The van der Waals surface area contributed by atoms with Crippen LogP contribution < -0.4 is 5.73 Å². The molecule has 2 N–H and O–H groups in total. The molecule has 112 valence electrons. The second kappa shape index (κ2) is 4.73. The van der Waals surface area contributed by atoms with Gasteiger partial charge in [0.2, 0.25) is 0 Å². The van der Waals surface area contributed by atoms with Gasteiger partial charge in [0.1, 0.15) is 0 Å². The van der Waals surface area contributed by atoms with Crippen LogP contribution in [0.2, 0.25) is 0 Å². The van der Waals surface area contributed by atoms with E-state index in [1.807, 2.05) is 0 Å². The highest BCUT2D eigenvalue weighted by molar-refractivity contribution is 5.81. The van der Waals surface area contributed by atoms with E-state index >= 15 is 0 Å². The number of hydrogen-bond acceptors (Lipinski definition) is 4. The Labute approximate surface area is 126 Å². The zero-order chi connectivity index (χ0) is 14.4. The SMILES string of the molecule is CN1C2CCC1CC1(CN=C(N)N1Cc1ccccc1)C2. The first kappa shape index (κ1) is 13.1. The van der Waals surface area contributed by atoms with E-state index in [0.29, 0.717) is 12.1 Å². The molecule has 21 heavy (non-hydrogen) atoms. The Kier molecular flexibility index (Phi) is 2.96. The van der Waals surface area contributed by atoms with Crippen LogP contribution in [0.1, 0.15) is 31.2 Å². The summed E-state index contributed by atoms with van der Waals surface area (Å²) in [5, 5.41) is 0. The standard InChI is InChI=1S/C17H24N4/c1-20-14-7-8-15(20)10-17(9-14)12-19-16(18)21(17)11-13-5-3-2-4-6-13/h2-6,14-15H,7-12H2,1H3,(H2,18,19). The van der Waals surface area contributed by atoms with Gasteiger partial charge in [0.25, 0.3) is 0 Å². The lowest BCUT2D eigenvalue weighted by molar-refractivity contribution is 0.0467. The molecule has 3 aliphatic rings. The summed E-state index contributed by atoms with van der Waals surface area (Å²) in [6, 6.07) is 12.1. The van der Waals surface area contributed by atoms with E-state index in [-0.39, 0.29) is 5.54 Å². The van der Waals surface area contributed by atoms with Gasteiger partial charge in [-0.15, -0.1) is 0 Å². The third kappa shape index (κ3) is 2.04. The normalized spacial score (nSPS) is 35.5. The van der Waals surface area contributed by atoms with Gasteiger partial charge in [-0.05, 0) is 38.3 Å². The van der Waals surface area contributed by atoms with Crippen molar-refractivity contribution in [3.05, 3.63) is 35.9 Å². The van der Waals surface area contributed by atoms with Gasteiger partial charge in [-0.25, -0.2) is 0 Å². The smallest absolute Gasteiger partial charge is 0.192 e. The van der Waals surface area contributed by atoms with Crippen molar-refractivity contribution < 1.29 is 0 Å². The van der Waals surface area contributed by atoms with Crippen molar-refractivity contribution in [1.29, 1.82) is 0 Å². The first-order valence-electron chi connectivity index (χ1n) is 8.01. The predicted molar refractivity (Wildman–Crippen MR) is 85.0 cm³/mol. The Balaban J connectivity index is 1.60. The number of guanidine groups is 1. The molecule has 2 fully saturated rings. The maximum absolute atomic E-state index is 6.24. The zero-order valence-electron chi connectivity index (χ0n) is 12.7. The predicted octanol–water partition coefficient (Wildman–Crippen LogP) is 1.81. The van der Waals surface area contributed by atoms with E-state index in [1.165, 1.54) is 31.2 Å². The molecule has 2 bridgehead atoms. The highest BCUT2D eigenvalue weighted by Gasteiger charge is 2.52. The van der Waals surface area contributed by atoms with Crippen molar-refractivity contribution in [3.63, 3.8) is 0 Å². The fraction of sp³-hybridized carbons (Fsp3) is 0.588. The molecule has 0 radical (unpaired) electrons. The highest BCUT2D eigenvalue weighted by atomic mass is 15.4. The Hall–Kier alpha value is -1.55. The first-order valence-corrected chi connectivity index (χ1v) is 8.01. The second-order valence-corrected chi connectivity index (χ2v) is 6.93. The number of piperidine rings is 1. The van der Waals surface area contributed by atoms with Crippen molar-refractivity contribution >= 4 is 5.96 Å². The number of fused-ring (bicyclic) bond motifs is 2. The van der Waals surface area contributed by atoms with Gasteiger partial charge in [0.05, 0.1) is 12.1 Å². The number of aliphatic imine (C=N–C) groups is 1. The lowest BCUT2D eigenvalue weighted by Crippen LogP contribution is -2.59. The van der Waals surface area contributed by atoms with Crippen molar-refractivity contribution in [1.82, 2.24) is 9.80 Å². The van der Waals surface area contributed by atoms with E-state index in [0.717, 1.165) is 19.0 Å². The van der Waals surface area contributed by atoms with Crippen LogP contribution in [0, 0.1) is 0 Å². The van der Waals surface area contributed by atoms with Gasteiger partial charge in [0.15, 0.2) is 5.96 Å². The number of hydrogen-bond donors (Lipinski definition) is 1. The minimum absolute atomic E-state index is 0.165. The summed E-state index contributed by atoms with van der Waals surface area (Å²) >= 11 is 0. The summed E-state index contributed by atoms with van der Waals surface area (Å²) < 4.78 is 0. The molecule has 1 aromatic carbocycles. The molecule has 2 saturated heterocycles. The van der Waals surface area contributed by atoms with Gasteiger partial charge >= 0.3 is 0 Å². The largest absolute Gasteiger partial charge is 0.370 e. The van der Waals surface area contributed by atoms with Crippen LogP contribution in [-0.2, 0) is 6.54 Å². The zero-order valence-corrected chi connectivity index (χ0v) is 12.7. The molecule has 1 spiro atoms. The molecule has 3 aliphatic heterocycles. The molecule has 4 rings (SSSR count). The lowest BCUT2D eigenvalue weighted by atomic mass is 9.82. The molecule has 4 nitrogen and oxygen atoms in total. The summed E-state index contributed by atoms with van der Waals surface area (Å²) in [6.45, 7) is 1.77. The van der Waals surface area contributed by atoms with Crippen molar-refractivity contribution in [2.45, 2.75) is 49.9 Å². The average Bonchev–Trinajstić information content (AvgIpc) is 2.89. The van der Waals surface area contributed by atoms with E-state index < -0.39 is 0 Å². The topological polar surface area (TPSA) is 44.9 Å². The van der Waals surface area contributed by atoms with Gasteiger partial charge in [-0.1, -0.05) is 30.3 Å². The van der Waals surface area contributed by atoms with Crippen LogP contribution >= 0.6 is 0 Å². The van der Waals surface area contributed by atoms with Crippen molar-refractivity contribution in [2.24, 2.45) is 10.7 Å². The molecular weight excluding hydrogens is 260 g/mol. The van der Waals surface area contributed by atoms with Gasteiger partial charge in [-0.2, -0.15) is 0 Å². The maximum atomic E-state index is 6.24. The third-order valence-corrected chi connectivity index (χ3v) is 5.78.